The van der Waals surface area contributed by atoms with Crippen molar-refractivity contribution in [3.05, 3.63) is 27.7 Å². The molecule has 19 heavy (non-hydrogen) atoms. The fraction of sp³-hybridized carbons (Fsp3) is 0.462. The molecule has 0 bridgehead atoms. The molecule has 1 fully saturated rings. The Hall–Kier alpha value is -0.800. The number of aliphatic hydroxyl groups excluding tert-OH is 1. The number of hydrogen-bond acceptors (Lipinski definition) is 4. The van der Waals surface area contributed by atoms with Crippen molar-refractivity contribution in [1.82, 2.24) is 5.32 Å². The van der Waals surface area contributed by atoms with Crippen molar-refractivity contribution in [1.29, 1.82) is 5.26 Å². The third kappa shape index (κ3) is 3.61. The number of nitrogen functional groups attached to an aromatic ring is 1. The highest BCUT2D eigenvalue weighted by atomic mass is 79.9. The van der Waals surface area contributed by atoms with Gasteiger partial charge >= 0.3 is 0 Å². The molecule has 0 aliphatic heterocycles. The van der Waals surface area contributed by atoms with E-state index in [2.05, 4.69) is 27.3 Å². The summed E-state index contributed by atoms with van der Waals surface area (Å²) >= 11 is 3.35. The molecule has 1 aliphatic rings. The van der Waals surface area contributed by atoms with Gasteiger partial charge in [-0.2, -0.15) is 5.26 Å². The number of nitrogens with two attached hydrogens (primary N) is 1. The normalized spacial score (nSPS) is 16.1. The highest BCUT2D eigenvalue weighted by molar-refractivity contribution is 9.10. The Labute approximate surface area is 127 Å². The van der Waals surface area contributed by atoms with E-state index in [-0.39, 0.29) is 25.1 Å². The Bertz CT molecular complexity index is 486. The maximum absolute atomic E-state index is 9.48. The molecule has 6 heteroatoms. The van der Waals surface area contributed by atoms with Gasteiger partial charge in [0.2, 0.25) is 0 Å². The fourth-order valence-corrected chi connectivity index (χ4v) is 2.52. The number of nitrogens with zero attached hydrogens (tertiary/aromatic N) is 1. The molecule has 0 saturated heterocycles. The zero-order valence-electron chi connectivity index (χ0n) is 10.4. The lowest BCUT2D eigenvalue weighted by molar-refractivity contribution is 0.209. The molecule has 104 valence electrons. The predicted octanol–water partition coefficient (Wildman–Crippen LogP) is 2.50. The predicted molar refractivity (Wildman–Crippen MR) is 81.1 cm³/mol. The molecule has 1 aromatic carbocycles. The topological polar surface area (TPSA) is 82.1 Å². The third-order valence-corrected chi connectivity index (χ3v) is 4.06. The number of hydrogen-bond donors (Lipinski definition) is 3. The number of nitriles is 1. The summed E-state index contributed by atoms with van der Waals surface area (Å²) in [6.45, 7) is 0.0116. The van der Waals surface area contributed by atoms with E-state index in [4.69, 9.17) is 11.0 Å². The molecule has 0 aromatic heterocycles. The van der Waals surface area contributed by atoms with Crippen molar-refractivity contribution in [3.63, 3.8) is 0 Å². The average Bonchev–Trinajstić information content (AvgIpc) is 2.31. The number of rotatable bonds is 4. The minimum atomic E-state index is -0.140. The van der Waals surface area contributed by atoms with Gasteiger partial charge in [0.25, 0.3) is 0 Å². The van der Waals surface area contributed by atoms with E-state index in [1.165, 1.54) is 6.42 Å². The molecule has 0 heterocycles. The first-order valence-electron chi connectivity index (χ1n) is 6.01. The average molecular weight is 347 g/mol. The van der Waals surface area contributed by atoms with E-state index in [1.807, 2.05) is 6.07 Å². The van der Waals surface area contributed by atoms with E-state index in [9.17, 15) is 5.11 Å². The Balaban J connectivity index is 0.00000180. The molecule has 0 amide bonds. The number of nitrogens with one attached hydrogen (secondary N) is 1. The summed E-state index contributed by atoms with van der Waals surface area (Å²) in [7, 11) is 0. The standard InChI is InChI=1S/C13H16BrN3O.ClH/c14-11-5-8(4-9(6-15)13(11)16)12(7-18)17-10-2-1-3-10;/h4-5,10,12,17-18H,1-3,7,16H2;1H. The first kappa shape index (κ1) is 16.3. The van der Waals surface area contributed by atoms with E-state index in [0.29, 0.717) is 21.8 Å². The molecule has 1 unspecified atom stereocenters. The van der Waals surface area contributed by atoms with Crippen LogP contribution < -0.4 is 11.1 Å². The maximum Gasteiger partial charge on any atom is 0.101 e. The second-order valence-corrected chi connectivity index (χ2v) is 5.46. The van der Waals surface area contributed by atoms with Gasteiger partial charge in [-0.15, -0.1) is 12.4 Å². The second-order valence-electron chi connectivity index (χ2n) is 4.61. The van der Waals surface area contributed by atoms with Gasteiger partial charge in [-0.05, 0) is 46.5 Å². The lowest BCUT2D eigenvalue weighted by atomic mass is 9.91. The zero-order valence-corrected chi connectivity index (χ0v) is 12.8. The van der Waals surface area contributed by atoms with Crippen LogP contribution in [0.25, 0.3) is 0 Å². The van der Waals surface area contributed by atoms with Crippen molar-refractivity contribution in [2.45, 2.75) is 31.3 Å². The molecule has 1 aliphatic carbocycles. The highest BCUT2D eigenvalue weighted by Gasteiger charge is 2.22. The van der Waals surface area contributed by atoms with Gasteiger partial charge in [-0.25, -0.2) is 0 Å². The van der Waals surface area contributed by atoms with Gasteiger partial charge < -0.3 is 16.2 Å². The van der Waals surface area contributed by atoms with Crippen LogP contribution in [0.3, 0.4) is 0 Å². The van der Waals surface area contributed by atoms with Crippen LogP contribution in [-0.2, 0) is 0 Å². The lowest BCUT2D eigenvalue weighted by Crippen LogP contribution is -2.39. The number of aliphatic hydroxyl groups is 1. The molecular weight excluding hydrogens is 330 g/mol. The van der Waals surface area contributed by atoms with Crippen molar-refractivity contribution < 1.29 is 5.11 Å². The molecule has 2 rings (SSSR count). The van der Waals surface area contributed by atoms with Gasteiger partial charge in [0.1, 0.15) is 6.07 Å². The van der Waals surface area contributed by atoms with Gasteiger partial charge in [0.15, 0.2) is 0 Å². The van der Waals surface area contributed by atoms with Crippen LogP contribution >= 0.6 is 28.3 Å². The molecule has 1 atom stereocenters. The maximum atomic E-state index is 9.48. The minimum absolute atomic E-state index is 0. The summed E-state index contributed by atoms with van der Waals surface area (Å²) < 4.78 is 0.699. The van der Waals surface area contributed by atoms with Crippen molar-refractivity contribution >= 4 is 34.0 Å². The largest absolute Gasteiger partial charge is 0.397 e. The summed E-state index contributed by atoms with van der Waals surface area (Å²) in [6, 6.07) is 6.02. The number of halogens is 2. The molecule has 0 spiro atoms. The minimum Gasteiger partial charge on any atom is -0.397 e. The lowest BCUT2D eigenvalue weighted by Gasteiger charge is -2.31. The smallest absolute Gasteiger partial charge is 0.101 e. The molecular formula is C13H17BrClN3O. The van der Waals surface area contributed by atoms with Crippen molar-refractivity contribution in [3.8, 4) is 6.07 Å². The van der Waals surface area contributed by atoms with E-state index in [1.54, 1.807) is 6.07 Å². The van der Waals surface area contributed by atoms with Gasteiger partial charge in [-0.3, -0.25) is 0 Å². The van der Waals surface area contributed by atoms with Gasteiger partial charge in [0.05, 0.1) is 23.9 Å². The summed E-state index contributed by atoms with van der Waals surface area (Å²) in [5.41, 5.74) is 7.56. The van der Waals surface area contributed by atoms with Crippen LogP contribution in [0.4, 0.5) is 5.69 Å². The first-order chi connectivity index (χ1) is 8.65. The first-order valence-corrected chi connectivity index (χ1v) is 6.81. The molecule has 0 radical (unpaired) electrons. The quantitative estimate of drug-likeness (QED) is 0.732. The summed E-state index contributed by atoms with van der Waals surface area (Å²) in [5.74, 6) is 0. The summed E-state index contributed by atoms with van der Waals surface area (Å²) in [6.07, 6.45) is 3.54. The summed E-state index contributed by atoms with van der Waals surface area (Å²) in [5, 5.41) is 21.9. The second kappa shape index (κ2) is 7.11. The molecule has 4 N–H and O–H groups in total. The number of anilines is 1. The Morgan fingerprint density at radius 2 is 2.21 bits per heavy atom. The summed E-state index contributed by atoms with van der Waals surface area (Å²) in [4.78, 5) is 0. The van der Waals surface area contributed by atoms with Crippen LogP contribution in [-0.4, -0.2) is 17.8 Å². The SMILES string of the molecule is Cl.N#Cc1cc(C(CO)NC2CCC2)cc(Br)c1N. The zero-order chi connectivity index (χ0) is 13.1. The van der Waals surface area contributed by atoms with E-state index < -0.39 is 0 Å². The molecule has 1 aromatic rings. The monoisotopic (exact) mass is 345 g/mol. The molecule has 4 nitrogen and oxygen atoms in total. The van der Waals surface area contributed by atoms with Crippen LogP contribution in [0, 0.1) is 11.3 Å². The van der Waals surface area contributed by atoms with Crippen LogP contribution in [0.1, 0.15) is 36.4 Å². The van der Waals surface area contributed by atoms with Crippen molar-refractivity contribution in [2.75, 3.05) is 12.3 Å². The Morgan fingerprint density at radius 3 is 2.68 bits per heavy atom. The molecule has 1 saturated carbocycles. The Kier molecular flexibility index (Phi) is 6.08. The Morgan fingerprint density at radius 1 is 1.53 bits per heavy atom. The van der Waals surface area contributed by atoms with Gasteiger partial charge in [-0.1, -0.05) is 6.42 Å². The van der Waals surface area contributed by atoms with E-state index in [0.717, 1.165) is 18.4 Å². The van der Waals surface area contributed by atoms with Crippen LogP contribution in [0.5, 0.6) is 0 Å². The number of benzene rings is 1. The third-order valence-electron chi connectivity index (χ3n) is 3.40. The highest BCUT2D eigenvalue weighted by Crippen LogP contribution is 2.29. The van der Waals surface area contributed by atoms with Crippen LogP contribution in [0.15, 0.2) is 16.6 Å². The van der Waals surface area contributed by atoms with E-state index >= 15 is 0 Å². The van der Waals surface area contributed by atoms with Crippen LogP contribution in [0.2, 0.25) is 0 Å². The fourth-order valence-electron chi connectivity index (χ4n) is 2.05. The van der Waals surface area contributed by atoms with Gasteiger partial charge in [0, 0.05) is 10.5 Å². The van der Waals surface area contributed by atoms with Crippen molar-refractivity contribution in [2.24, 2.45) is 0 Å².